The predicted molar refractivity (Wildman–Crippen MR) is 90.5 cm³/mol. The van der Waals surface area contributed by atoms with Crippen molar-refractivity contribution in [1.29, 1.82) is 0 Å². The molecule has 1 N–H and O–H groups in total. The van der Waals surface area contributed by atoms with Gasteiger partial charge in [-0.3, -0.25) is 0 Å². The smallest absolute Gasteiger partial charge is 0.0577 e. The summed E-state index contributed by atoms with van der Waals surface area (Å²) < 4.78 is 1.09. The standard InChI is InChI=1S/C17H19BrClN/c1-3-9-20-17(13-5-4-6-15(18)10-13)14-8-7-12(2)16(19)11-14/h4-8,10-11,17,20H,3,9H2,1-2H3. The van der Waals surface area contributed by atoms with Crippen molar-refractivity contribution < 1.29 is 0 Å². The second-order valence-electron chi connectivity index (χ2n) is 4.95. The van der Waals surface area contributed by atoms with Crippen LogP contribution in [-0.4, -0.2) is 6.54 Å². The van der Waals surface area contributed by atoms with E-state index in [2.05, 4.69) is 64.6 Å². The Morgan fingerprint density at radius 3 is 2.55 bits per heavy atom. The van der Waals surface area contributed by atoms with Crippen molar-refractivity contribution in [1.82, 2.24) is 5.32 Å². The minimum Gasteiger partial charge on any atom is -0.306 e. The monoisotopic (exact) mass is 351 g/mol. The van der Waals surface area contributed by atoms with E-state index in [1.807, 2.05) is 13.0 Å². The van der Waals surface area contributed by atoms with Crippen molar-refractivity contribution in [3.05, 3.63) is 68.7 Å². The molecule has 0 saturated heterocycles. The first kappa shape index (κ1) is 15.6. The Morgan fingerprint density at radius 2 is 1.90 bits per heavy atom. The van der Waals surface area contributed by atoms with Gasteiger partial charge in [-0.2, -0.15) is 0 Å². The lowest BCUT2D eigenvalue weighted by molar-refractivity contribution is 0.598. The Labute approximate surface area is 134 Å². The van der Waals surface area contributed by atoms with E-state index in [1.54, 1.807) is 0 Å². The van der Waals surface area contributed by atoms with Gasteiger partial charge in [0.1, 0.15) is 0 Å². The molecular weight excluding hydrogens is 334 g/mol. The molecule has 2 aromatic rings. The summed E-state index contributed by atoms with van der Waals surface area (Å²) in [5.41, 5.74) is 3.55. The minimum atomic E-state index is 0.172. The number of hydrogen-bond acceptors (Lipinski definition) is 1. The molecule has 0 aliphatic carbocycles. The van der Waals surface area contributed by atoms with Gasteiger partial charge in [-0.05, 0) is 54.8 Å². The molecule has 3 heteroatoms. The van der Waals surface area contributed by atoms with E-state index in [-0.39, 0.29) is 6.04 Å². The summed E-state index contributed by atoms with van der Waals surface area (Å²) in [5.74, 6) is 0. The van der Waals surface area contributed by atoms with E-state index in [9.17, 15) is 0 Å². The average Bonchev–Trinajstić information content (AvgIpc) is 2.43. The Balaban J connectivity index is 2.38. The zero-order valence-corrected chi connectivity index (χ0v) is 14.1. The van der Waals surface area contributed by atoms with Crippen molar-refractivity contribution in [3.63, 3.8) is 0 Å². The van der Waals surface area contributed by atoms with Gasteiger partial charge in [-0.1, -0.05) is 58.7 Å². The fourth-order valence-electron chi connectivity index (χ4n) is 2.19. The first-order chi connectivity index (χ1) is 9.61. The second kappa shape index (κ2) is 7.26. The summed E-state index contributed by atoms with van der Waals surface area (Å²) in [6.45, 7) is 5.18. The van der Waals surface area contributed by atoms with Crippen LogP contribution in [0.3, 0.4) is 0 Å². The first-order valence-electron chi connectivity index (χ1n) is 6.86. The largest absolute Gasteiger partial charge is 0.306 e. The van der Waals surface area contributed by atoms with Crippen LogP contribution in [0.5, 0.6) is 0 Å². The number of halogens is 2. The lowest BCUT2D eigenvalue weighted by Crippen LogP contribution is -2.23. The molecule has 2 aromatic carbocycles. The van der Waals surface area contributed by atoms with Gasteiger partial charge in [-0.15, -0.1) is 0 Å². The van der Waals surface area contributed by atoms with Gasteiger partial charge in [0, 0.05) is 9.50 Å². The molecule has 0 aliphatic rings. The molecule has 0 aliphatic heterocycles. The van der Waals surface area contributed by atoms with Crippen LogP contribution in [0, 0.1) is 6.92 Å². The topological polar surface area (TPSA) is 12.0 Å². The van der Waals surface area contributed by atoms with Crippen LogP contribution in [0.4, 0.5) is 0 Å². The van der Waals surface area contributed by atoms with Gasteiger partial charge in [0.2, 0.25) is 0 Å². The molecule has 0 saturated carbocycles. The Hall–Kier alpha value is -0.830. The van der Waals surface area contributed by atoms with Crippen molar-refractivity contribution >= 4 is 27.5 Å². The zero-order valence-electron chi connectivity index (χ0n) is 11.8. The molecule has 0 radical (unpaired) electrons. The van der Waals surface area contributed by atoms with E-state index >= 15 is 0 Å². The maximum atomic E-state index is 6.27. The lowest BCUT2D eigenvalue weighted by Gasteiger charge is -2.20. The van der Waals surface area contributed by atoms with Crippen LogP contribution in [0.15, 0.2) is 46.9 Å². The minimum absolute atomic E-state index is 0.172. The van der Waals surface area contributed by atoms with Gasteiger partial charge in [-0.25, -0.2) is 0 Å². The highest BCUT2D eigenvalue weighted by Crippen LogP contribution is 2.27. The molecule has 0 aromatic heterocycles. The van der Waals surface area contributed by atoms with Crippen LogP contribution < -0.4 is 5.32 Å². The van der Waals surface area contributed by atoms with Crippen LogP contribution in [-0.2, 0) is 0 Å². The molecule has 0 spiro atoms. The van der Waals surface area contributed by atoms with Gasteiger partial charge in [0.05, 0.1) is 6.04 Å². The SMILES string of the molecule is CCCNC(c1cccc(Br)c1)c1ccc(C)c(Cl)c1. The predicted octanol–water partition coefficient (Wildman–Crippen LogP) is 5.50. The van der Waals surface area contributed by atoms with Crippen LogP contribution in [0.2, 0.25) is 5.02 Å². The van der Waals surface area contributed by atoms with Crippen LogP contribution in [0.1, 0.15) is 36.1 Å². The molecule has 1 atom stereocenters. The molecule has 106 valence electrons. The second-order valence-corrected chi connectivity index (χ2v) is 6.27. The molecule has 1 unspecified atom stereocenters. The third-order valence-electron chi connectivity index (χ3n) is 3.31. The first-order valence-corrected chi connectivity index (χ1v) is 8.04. The lowest BCUT2D eigenvalue weighted by atomic mass is 9.97. The highest BCUT2D eigenvalue weighted by atomic mass is 79.9. The molecule has 0 heterocycles. The van der Waals surface area contributed by atoms with Gasteiger partial charge in [0.15, 0.2) is 0 Å². The summed E-state index contributed by atoms with van der Waals surface area (Å²) in [4.78, 5) is 0. The third kappa shape index (κ3) is 3.85. The molecule has 20 heavy (non-hydrogen) atoms. The molecule has 1 nitrogen and oxygen atoms in total. The van der Waals surface area contributed by atoms with Gasteiger partial charge >= 0.3 is 0 Å². The summed E-state index contributed by atoms with van der Waals surface area (Å²) in [6.07, 6.45) is 1.10. The van der Waals surface area contributed by atoms with Gasteiger partial charge < -0.3 is 5.32 Å². The van der Waals surface area contributed by atoms with Gasteiger partial charge in [0.25, 0.3) is 0 Å². The maximum Gasteiger partial charge on any atom is 0.0577 e. The maximum absolute atomic E-state index is 6.27. The van der Waals surface area contributed by atoms with E-state index in [0.717, 1.165) is 28.0 Å². The summed E-state index contributed by atoms with van der Waals surface area (Å²) in [5, 5.41) is 4.42. The van der Waals surface area contributed by atoms with Crippen molar-refractivity contribution in [2.75, 3.05) is 6.54 Å². The summed E-state index contributed by atoms with van der Waals surface area (Å²) in [6, 6.07) is 14.9. The van der Waals surface area contributed by atoms with Crippen LogP contribution >= 0.6 is 27.5 Å². The van der Waals surface area contributed by atoms with Crippen LogP contribution in [0.25, 0.3) is 0 Å². The third-order valence-corrected chi connectivity index (χ3v) is 4.21. The molecular formula is C17H19BrClN. The Bertz CT molecular complexity index is 583. The van der Waals surface area contributed by atoms with E-state index < -0.39 is 0 Å². The average molecular weight is 353 g/mol. The normalized spacial score (nSPS) is 12.4. The Kier molecular flexibility index (Phi) is 5.64. The number of aryl methyl sites for hydroxylation is 1. The number of benzene rings is 2. The number of hydrogen-bond donors (Lipinski definition) is 1. The highest BCUT2D eigenvalue weighted by molar-refractivity contribution is 9.10. The van der Waals surface area contributed by atoms with Crippen molar-refractivity contribution in [2.45, 2.75) is 26.3 Å². The fourth-order valence-corrected chi connectivity index (χ4v) is 2.80. The molecule has 2 rings (SSSR count). The zero-order chi connectivity index (χ0) is 14.5. The number of nitrogens with one attached hydrogen (secondary N) is 1. The van der Waals surface area contributed by atoms with E-state index in [1.165, 1.54) is 11.1 Å². The van der Waals surface area contributed by atoms with Crippen molar-refractivity contribution in [2.24, 2.45) is 0 Å². The summed E-state index contributed by atoms with van der Waals surface area (Å²) in [7, 11) is 0. The van der Waals surface area contributed by atoms with E-state index in [0.29, 0.717) is 0 Å². The molecule has 0 amide bonds. The molecule has 0 bridgehead atoms. The Morgan fingerprint density at radius 1 is 1.15 bits per heavy atom. The summed E-state index contributed by atoms with van der Waals surface area (Å²) >= 11 is 9.82. The van der Waals surface area contributed by atoms with Crippen molar-refractivity contribution in [3.8, 4) is 0 Å². The van der Waals surface area contributed by atoms with E-state index in [4.69, 9.17) is 11.6 Å². The molecule has 0 fully saturated rings. The highest BCUT2D eigenvalue weighted by Gasteiger charge is 2.14. The number of rotatable bonds is 5. The fraction of sp³-hybridized carbons (Fsp3) is 0.294. The quantitative estimate of drug-likeness (QED) is 0.749.